The summed E-state index contributed by atoms with van der Waals surface area (Å²) in [6.07, 6.45) is 5.78. The van der Waals surface area contributed by atoms with Gasteiger partial charge in [0.1, 0.15) is 5.75 Å². The number of nitrogens with two attached hydrogens (primary N) is 1. The van der Waals surface area contributed by atoms with E-state index in [1.807, 2.05) is 35.2 Å². The third kappa shape index (κ3) is 5.22. The Hall–Kier alpha value is -2.86. The Labute approximate surface area is 196 Å². The molecule has 0 aromatic heterocycles. The average Bonchev–Trinajstić information content (AvgIpc) is 3.09. The van der Waals surface area contributed by atoms with Crippen molar-refractivity contribution in [2.45, 2.75) is 43.9 Å². The summed E-state index contributed by atoms with van der Waals surface area (Å²) >= 11 is 0. The number of amides is 2. The van der Waals surface area contributed by atoms with Crippen molar-refractivity contribution in [3.05, 3.63) is 65.2 Å². The van der Waals surface area contributed by atoms with Gasteiger partial charge in [0.25, 0.3) is 0 Å². The first-order valence-electron chi connectivity index (χ1n) is 11.9. The van der Waals surface area contributed by atoms with Crippen LogP contribution in [0.3, 0.4) is 0 Å². The average molecular weight is 451 g/mol. The highest BCUT2D eigenvalue weighted by Gasteiger charge is 2.44. The van der Waals surface area contributed by atoms with Crippen molar-refractivity contribution in [3.8, 4) is 5.75 Å². The number of primary amides is 1. The molecule has 1 unspecified atom stereocenters. The second-order valence-corrected chi connectivity index (χ2v) is 9.33. The zero-order valence-corrected chi connectivity index (χ0v) is 19.4. The lowest BCUT2D eigenvalue weighted by Gasteiger charge is -2.40. The topological polar surface area (TPSA) is 81.9 Å². The van der Waals surface area contributed by atoms with Gasteiger partial charge in [-0.25, -0.2) is 0 Å². The lowest BCUT2D eigenvalue weighted by atomic mass is 9.68. The summed E-state index contributed by atoms with van der Waals surface area (Å²) in [6.45, 7) is 2.40. The fraction of sp³-hybridized carbons (Fsp3) is 0.481. The first-order valence-corrected chi connectivity index (χ1v) is 11.9. The van der Waals surface area contributed by atoms with Gasteiger partial charge in [0.15, 0.2) is 0 Å². The number of benzene rings is 2. The van der Waals surface area contributed by atoms with Crippen molar-refractivity contribution in [2.24, 2.45) is 11.7 Å². The van der Waals surface area contributed by atoms with Gasteiger partial charge in [-0.15, -0.1) is 0 Å². The standard InChI is InChI=1S/C27H34N2O4/c1-32-24-10-8-23(9-11-24)27(12-3-2-4-13-27)26(31)29-14-15-33-19-21(18-29)16-20-6-5-7-22(17-20)25(28)30/h5-11,17,21H,2-4,12-16,18-19H2,1H3,(H2,28,30). The first-order chi connectivity index (χ1) is 16.0. The van der Waals surface area contributed by atoms with Gasteiger partial charge < -0.3 is 20.1 Å². The number of nitrogens with zero attached hydrogens (tertiary/aromatic N) is 1. The van der Waals surface area contributed by atoms with Crippen LogP contribution in [0.1, 0.15) is 53.6 Å². The molecular formula is C27H34N2O4. The van der Waals surface area contributed by atoms with Gasteiger partial charge in [-0.2, -0.15) is 0 Å². The SMILES string of the molecule is COc1ccc(C2(C(=O)N3CCOCC(Cc4cccc(C(N)=O)c4)C3)CCCCC2)cc1. The molecule has 6 nitrogen and oxygen atoms in total. The number of hydrogen-bond acceptors (Lipinski definition) is 4. The van der Waals surface area contributed by atoms with Crippen molar-refractivity contribution in [1.82, 2.24) is 4.90 Å². The second-order valence-electron chi connectivity index (χ2n) is 9.33. The van der Waals surface area contributed by atoms with E-state index in [4.69, 9.17) is 15.2 Å². The molecule has 176 valence electrons. The third-order valence-corrected chi connectivity index (χ3v) is 7.12. The van der Waals surface area contributed by atoms with Gasteiger partial charge in [-0.1, -0.05) is 43.5 Å². The first kappa shape index (κ1) is 23.3. The van der Waals surface area contributed by atoms with E-state index in [-0.39, 0.29) is 11.8 Å². The van der Waals surface area contributed by atoms with Crippen molar-refractivity contribution in [3.63, 3.8) is 0 Å². The molecule has 6 heteroatoms. The molecule has 33 heavy (non-hydrogen) atoms. The molecule has 2 aromatic carbocycles. The van der Waals surface area contributed by atoms with Crippen LogP contribution in [0.5, 0.6) is 5.75 Å². The van der Waals surface area contributed by atoms with Crippen molar-refractivity contribution in [2.75, 3.05) is 33.4 Å². The molecule has 1 aliphatic carbocycles. The van der Waals surface area contributed by atoms with Gasteiger partial charge in [0.2, 0.25) is 11.8 Å². The predicted molar refractivity (Wildman–Crippen MR) is 127 cm³/mol. The van der Waals surface area contributed by atoms with Crippen LogP contribution in [-0.4, -0.2) is 50.1 Å². The summed E-state index contributed by atoms with van der Waals surface area (Å²) in [5.41, 5.74) is 7.60. The summed E-state index contributed by atoms with van der Waals surface area (Å²) in [6, 6.07) is 15.5. The molecular weight excluding hydrogens is 416 g/mol. The van der Waals surface area contributed by atoms with E-state index in [1.54, 1.807) is 13.2 Å². The van der Waals surface area contributed by atoms with Gasteiger partial charge >= 0.3 is 0 Å². The maximum atomic E-state index is 14.1. The fourth-order valence-electron chi connectivity index (χ4n) is 5.37. The Kier molecular flexibility index (Phi) is 7.33. The van der Waals surface area contributed by atoms with E-state index < -0.39 is 11.3 Å². The molecule has 1 atom stereocenters. The van der Waals surface area contributed by atoms with Crippen LogP contribution in [0.15, 0.2) is 48.5 Å². The molecule has 1 heterocycles. The smallest absolute Gasteiger partial charge is 0.248 e. The number of methoxy groups -OCH3 is 1. The van der Waals surface area contributed by atoms with Gasteiger partial charge in [0.05, 0.1) is 25.7 Å². The predicted octanol–water partition coefficient (Wildman–Crippen LogP) is 3.71. The van der Waals surface area contributed by atoms with Crippen molar-refractivity contribution < 1.29 is 19.1 Å². The normalized spacial score (nSPS) is 20.6. The quantitative estimate of drug-likeness (QED) is 0.727. The Morgan fingerprint density at radius 2 is 1.88 bits per heavy atom. The van der Waals surface area contributed by atoms with Crippen LogP contribution in [0, 0.1) is 5.92 Å². The number of ether oxygens (including phenoxy) is 2. The Balaban J connectivity index is 1.55. The van der Waals surface area contributed by atoms with Crippen LogP contribution >= 0.6 is 0 Å². The molecule has 1 aliphatic heterocycles. The number of carbonyl (C=O) groups is 2. The van der Waals surface area contributed by atoms with Gasteiger partial charge in [0, 0.05) is 24.6 Å². The third-order valence-electron chi connectivity index (χ3n) is 7.12. The molecule has 2 aromatic rings. The van der Waals surface area contributed by atoms with Crippen LogP contribution in [0.25, 0.3) is 0 Å². The summed E-state index contributed by atoms with van der Waals surface area (Å²) in [7, 11) is 1.66. The lowest BCUT2D eigenvalue weighted by molar-refractivity contribution is -0.139. The molecule has 0 spiro atoms. The Bertz CT molecular complexity index is 966. The van der Waals surface area contributed by atoms with Crippen molar-refractivity contribution in [1.29, 1.82) is 0 Å². The summed E-state index contributed by atoms with van der Waals surface area (Å²) in [5.74, 6) is 0.757. The highest BCUT2D eigenvalue weighted by molar-refractivity contribution is 5.92. The van der Waals surface area contributed by atoms with Crippen LogP contribution in [-0.2, 0) is 21.4 Å². The highest BCUT2D eigenvalue weighted by atomic mass is 16.5. The van der Waals surface area contributed by atoms with E-state index >= 15 is 0 Å². The van der Waals surface area contributed by atoms with E-state index in [9.17, 15) is 9.59 Å². The molecule has 1 saturated carbocycles. The molecule has 2 aliphatic rings. The van der Waals surface area contributed by atoms with E-state index in [1.165, 1.54) is 6.42 Å². The fourth-order valence-corrected chi connectivity index (χ4v) is 5.37. The molecule has 2 amide bonds. The minimum Gasteiger partial charge on any atom is -0.497 e. The highest BCUT2D eigenvalue weighted by Crippen LogP contribution is 2.42. The Morgan fingerprint density at radius 3 is 2.58 bits per heavy atom. The second kappa shape index (κ2) is 10.4. The minimum absolute atomic E-state index is 0.163. The zero-order valence-electron chi connectivity index (χ0n) is 19.4. The molecule has 1 saturated heterocycles. The maximum Gasteiger partial charge on any atom is 0.248 e. The Morgan fingerprint density at radius 1 is 1.12 bits per heavy atom. The van der Waals surface area contributed by atoms with Crippen LogP contribution in [0.2, 0.25) is 0 Å². The van der Waals surface area contributed by atoms with E-state index in [0.717, 1.165) is 49.0 Å². The molecule has 2 N–H and O–H groups in total. The summed E-state index contributed by atoms with van der Waals surface area (Å²) in [5, 5.41) is 0. The largest absolute Gasteiger partial charge is 0.497 e. The van der Waals surface area contributed by atoms with Crippen LogP contribution in [0.4, 0.5) is 0 Å². The van der Waals surface area contributed by atoms with E-state index in [0.29, 0.717) is 31.9 Å². The molecule has 0 radical (unpaired) electrons. The van der Waals surface area contributed by atoms with Gasteiger partial charge in [-0.05, 0) is 54.7 Å². The van der Waals surface area contributed by atoms with E-state index in [2.05, 4.69) is 12.1 Å². The molecule has 0 bridgehead atoms. The van der Waals surface area contributed by atoms with Crippen molar-refractivity contribution >= 4 is 11.8 Å². The molecule has 4 rings (SSSR count). The minimum atomic E-state index is -0.481. The summed E-state index contributed by atoms with van der Waals surface area (Å²) < 4.78 is 11.2. The van der Waals surface area contributed by atoms with Gasteiger partial charge in [-0.3, -0.25) is 9.59 Å². The number of hydrogen-bond donors (Lipinski definition) is 1. The number of rotatable bonds is 6. The lowest BCUT2D eigenvalue weighted by Crippen LogP contribution is -2.50. The monoisotopic (exact) mass is 450 g/mol. The summed E-state index contributed by atoms with van der Waals surface area (Å²) in [4.78, 5) is 27.7. The maximum absolute atomic E-state index is 14.1. The molecule has 2 fully saturated rings. The number of carbonyl (C=O) groups excluding carboxylic acids is 2. The van der Waals surface area contributed by atoms with Crippen LogP contribution < -0.4 is 10.5 Å². The zero-order chi connectivity index (χ0) is 23.3.